The molecular weight excluding hydrogens is 1640 g/mol. The Morgan fingerprint density at radius 2 is 0.294 bits per heavy atom. The van der Waals surface area contributed by atoms with E-state index in [0.29, 0.717) is 0 Å². The highest BCUT2D eigenvalue weighted by atomic mass is 15.0. The van der Waals surface area contributed by atoms with Gasteiger partial charge in [0.05, 0.1) is 0 Å². The Hall–Kier alpha value is -14.2. The van der Waals surface area contributed by atoms with Crippen LogP contribution in [0.25, 0.3) is 209 Å². The molecule has 0 atom stereocenters. The highest BCUT2D eigenvalue weighted by Gasteiger charge is 2.29. The number of rotatable bonds is 13. The van der Waals surface area contributed by atoms with Crippen molar-refractivity contribution in [1.82, 2.24) is 9.13 Å². The van der Waals surface area contributed by atoms with E-state index in [1.165, 1.54) is 242 Å². The van der Waals surface area contributed by atoms with Gasteiger partial charge in [-0.15, -0.1) is 0 Å². The summed E-state index contributed by atoms with van der Waals surface area (Å²) in [7, 11) is 0. The van der Waals surface area contributed by atoms with Gasteiger partial charge in [0.1, 0.15) is 0 Å². The van der Waals surface area contributed by atoms with Crippen molar-refractivity contribution in [1.29, 1.82) is 0 Å². The van der Waals surface area contributed by atoms with E-state index in [2.05, 4.69) is 524 Å². The average Bonchev–Trinajstić information content (AvgIpc) is 1.06. The van der Waals surface area contributed by atoms with Crippen LogP contribution in [0.3, 0.4) is 0 Å². The van der Waals surface area contributed by atoms with Crippen LogP contribution in [0, 0.1) is 0 Å². The molecule has 0 radical (unpaired) electrons. The molecule has 672 valence electrons. The highest BCUT2D eigenvalue weighted by molar-refractivity contribution is 6.24. The highest BCUT2D eigenvalue weighted by Crippen LogP contribution is 2.51. The van der Waals surface area contributed by atoms with E-state index in [-0.39, 0.29) is 32.5 Å². The standard InChI is InChI=1S/C70H65N.C64H61N/c1-11-71-64-39-33-54(41-60(64)61-42-57(70(8,9)10)36-40-65(61)71)51-23-21-48(22-24-51)50-27-31-53(32-28-50)67-59-38-35-55(68(2,3)4)43-62(59)66(58-37-34-56(44-63(58)67)69(5,6)7)52-29-25-49(26-30-52)47-19-17-46(18-20-47)45-15-13-12-14-16-45;1-11-65-58-35-29-48(37-54(58)55-38-51(64(8,9)10)32-36-59(55)65)45-19-17-43(18-20-45)44-23-27-47(28-24-44)61-53-34-31-49(62(2,3)4)39-56(53)60(52-33-30-50(40-57(52)61)63(5,6)7)46-25-21-42(22-26-46)41-15-13-12-14-16-41/h12-44H,11H2,1-10H3;12-40H,11H2,1-10H3. The van der Waals surface area contributed by atoms with Crippen molar-refractivity contribution >= 4 is 86.7 Å². The van der Waals surface area contributed by atoms with E-state index in [9.17, 15) is 0 Å². The van der Waals surface area contributed by atoms with Gasteiger partial charge in [-0.1, -0.05) is 428 Å². The van der Waals surface area contributed by atoms with Crippen molar-refractivity contribution in [3.63, 3.8) is 0 Å². The van der Waals surface area contributed by atoms with Crippen molar-refractivity contribution in [2.75, 3.05) is 0 Å². The van der Waals surface area contributed by atoms with E-state index in [0.717, 1.165) is 13.1 Å². The van der Waals surface area contributed by atoms with Crippen LogP contribution in [0.5, 0.6) is 0 Å². The molecule has 0 N–H and O–H groups in total. The second-order valence-electron chi connectivity index (χ2n) is 44.2. The molecule has 0 spiro atoms. The molecule has 0 aliphatic heterocycles. The summed E-state index contributed by atoms with van der Waals surface area (Å²) in [5, 5.41) is 15.6. The summed E-state index contributed by atoms with van der Waals surface area (Å²) in [6.45, 7) is 48.0. The molecule has 0 aliphatic rings. The fourth-order valence-corrected chi connectivity index (χ4v) is 20.9. The van der Waals surface area contributed by atoms with E-state index < -0.39 is 0 Å². The maximum Gasteiger partial charge on any atom is 0.0491 e. The molecule has 0 aliphatic carbocycles. The van der Waals surface area contributed by atoms with E-state index in [4.69, 9.17) is 0 Å². The van der Waals surface area contributed by atoms with Crippen LogP contribution in [0.2, 0.25) is 0 Å². The molecule has 0 fully saturated rings. The van der Waals surface area contributed by atoms with Crippen molar-refractivity contribution in [3.8, 4) is 122 Å². The van der Waals surface area contributed by atoms with Gasteiger partial charge < -0.3 is 9.13 Å². The minimum atomic E-state index is -0.0136. The van der Waals surface area contributed by atoms with Crippen LogP contribution in [0.4, 0.5) is 0 Å². The van der Waals surface area contributed by atoms with Crippen LogP contribution >= 0.6 is 0 Å². The zero-order valence-electron chi connectivity index (χ0n) is 83.1. The number of benzene rings is 19. The number of hydrogen-bond acceptors (Lipinski definition) is 0. The molecule has 2 nitrogen and oxygen atoms in total. The minimum absolute atomic E-state index is 0.0000448. The Balaban J connectivity index is 0.000000169. The summed E-state index contributed by atoms with van der Waals surface area (Å²) >= 11 is 0. The van der Waals surface area contributed by atoms with Crippen LogP contribution in [0.1, 0.15) is 172 Å². The Bertz CT molecular complexity index is 8130. The van der Waals surface area contributed by atoms with Gasteiger partial charge in [0.15, 0.2) is 0 Å². The topological polar surface area (TPSA) is 9.86 Å². The second-order valence-corrected chi connectivity index (χ2v) is 44.2. The lowest BCUT2D eigenvalue weighted by Gasteiger charge is -2.25. The predicted molar refractivity (Wildman–Crippen MR) is 592 cm³/mol. The van der Waals surface area contributed by atoms with E-state index in [1.807, 2.05) is 0 Å². The lowest BCUT2D eigenvalue weighted by Crippen LogP contribution is -2.11. The number of aryl methyl sites for hydroxylation is 2. The molecule has 21 aromatic rings. The maximum absolute atomic E-state index is 2.47. The van der Waals surface area contributed by atoms with Crippen molar-refractivity contribution < 1.29 is 0 Å². The van der Waals surface area contributed by atoms with Gasteiger partial charge in [0, 0.05) is 56.7 Å². The minimum Gasteiger partial charge on any atom is -0.341 e. The summed E-state index contributed by atoms with van der Waals surface area (Å²) in [6.07, 6.45) is 0. The SMILES string of the molecule is CCn1c2ccc(-c3ccc(-c4ccc(-c5c6ccc(C(C)(C)C)cc6c(-c6ccc(-c7ccc(-c8ccccc8)cc7)cc6)c6ccc(C(C)(C)C)cc56)cc4)cc3)cc2c2cc(C(C)(C)C)ccc21.CCn1c2ccc(-c3ccc(-c4ccc(-c5c6ccc(C(C)(C)C)cc6c(-c6ccc(-c7ccccc7)cc6)c6ccc(C(C)(C)C)cc56)cc4)cc3)cc2c2cc(C(C)(C)C)ccc21. The first-order valence-electron chi connectivity index (χ1n) is 49.2. The maximum atomic E-state index is 2.47. The first-order valence-corrected chi connectivity index (χ1v) is 49.2. The second kappa shape index (κ2) is 34.6. The van der Waals surface area contributed by atoms with Crippen molar-refractivity contribution in [2.24, 2.45) is 0 Å². The fraction of sp³-hybridized carbons (Fsp3) is 0.209. The van der Waals surface area contributed by atoms with Gasteiger partial charge in [0.25, 0.3) is 0 Å². The van der Waals surface area contributed by atoms with Crippen molar-refractivity contribution in [3.05, 3.63) is 409 Å². The number of aromatic nitrogens is 2. The normalized spacial score (nSPS) is 12.5. The number of hydrogen-bond donors (Lipinski definition) is 0. The smallest absolute Gasteiger partial charge is 0.0491 e. The Kier molecular flexibility index (Phi) is 22.8. The fourth-order valence-electron chi connectivity index (χ4n) is 20.9. The third-order valence-electron chi connectivity index (χ3n) is 29.0. The molecule has 19 aromatic carbocycles. The van der Waals surface area contributed by atoms with Crippen LogP contribution in [0.15, 0.2) is 376 Å². The Morgan fingerprint density at radius 1 is 0.140 bits per heavy atom. The predicted octanol–water partition coefficient (Wildman–Crippen LogP) is 38.4. The summed E-state index contributed by atoms with van der Waals surface area (Å²) in [6, 6.07) is 143. The molecule has 21 rings (SSSR count). The van der Waals surface area contributed by atoms with Gasteiger partial charge in [-0.3, -0.25) is 0 Å². The molecule has 0 unspecified atom stereocenters. The quantitative estimate of drug-likeness (QED) is 0.102. The van der Waals surface area contributed by atoms with Crippen molar-refractivity contribution in [2.45, 2.75) is 184 Å². The van der Waals surface area contributed by atoms with E-state index in [1.54, 1.807) is 0 Å². The zero-order valence-corrected chi connectivity index (χ0v) is 83.1. The third kappa shape index (κ3) is 17.0. The third-order valence-corrected chi connectivity index (χ3v) is 29.0. The summed E-state index contributed by atoms with van der Waals surface area (Å²) < 4.78 is 4.90. The number of fused-ring (bicyclic) bond motifs is 10. The molecule has 136 heavy (non-hydrogen) atoms. The van der Waals surface area contributed by atoms with Gasteiger partial charge in [0.2, 0.25) is 0 Å². The molecular formula is C134H126N2. The molecule has 0 saturated heterocycles. The summed E-state index contributed by atoms with van der Waals surface area (Å²) in [4.78, 5) is 0. The van der Waals surface area contributed by atoms with Gasteiger partial charge in [-0.2, -0.15) is 0 Å². The molecule has 0 saturated carbocycles. The zero-order chi connectivity index (χ0) is 94.8. The lowest BCUT2D eigenvalue weighted by molar-refractivity contribution is 0.590. The van der Waals surface area contributed by atoms with Crippen LogP contribution in [-0.2, 0) is 45.6 Å². The van der Waals surface area contributed by atoms with Gasteiger partial charge >= 0.3 is 0 Å². The summed E-state index contributed by atoms with van der Waals surface area (Å²) in [5.41, 5.74) is 40.7. The van der Waals surface area contributed by atoms with E-state index >= 15 is 0 Å². The molecule has 2 heteroatoms. The Labute approximate surface area is 806 Å². The summed E-state index contributed by atoms with van der Waals surface area (Å²) in [5.74, 6) is 0. The van der Waals surface area contributed by atoms with Gasteiger partial charge in [-0.25, -0.2) is 0 Å². The van der Waals surface area contributed by atoms with Crippen LogP contribution in [-0.4, -0.2) is 9.13 Å². The van der Waals surface area contributed by atoms with Crippen LogP contribution < -0.4 is 0 Å². The Morgan fingerprint density at radius 3 is 0.493 bits per heavy atom. The molecule has 2 aromatic heterocycles. The lowest BCUT2D eigenvalue weighted by atomic mass is 9.79. The first kappa shape index (κ1) is 89.7. The van der Waals surface area contributed by atoms with Gasteiger partial charge in [-0.05, 0) is 318 Å². The largest absolute Gasteiger partial charge is 0.341 e. The first-order chi connectivity index (χ1) is 65.1. The molecule has 0 amide bonds. The average molecular weight is 1760 g/mol. The molecule has 0 bridgehead atoms. The monoisotopic (exact) mass is 1760 g/mol. The molecule has 2 heterocycles. The number of nitrogens with zero attached hydrogens (tertiary/aromatic N) is 2.